The van der Waals surface area contributed by atoms with Crippen molar-refractivity contribution in [1.29, 1.82) is 0 Å². The van der Waals surface area contributed by atoms with E-state index in [0.29, 0.717) is 13.0 Å². The Labute approximate surface area is 162 Å². The average molecular weight is 393 g/mol. The van der Waals surface area contributed by atoms with E-state index < -0.39 is 9.84 Å². The van der Waals surface area contributed by atoms with Crippen molar-refractivity contribution in [2.75, 3.05) is 31.7 Å². The summed E-state index contributed by atoms with van der Waals surface area (Å²) in [4.78, 5) is 1.34. The van der Waals surface area contributed by atoms with Crippen molar-refractivity contribution in [2.24, 2.45) is 0 Å². The molecular formula is C20H30N3O3S+. The van der Waals surface area contributed by atoms with Gasteiger partial charge in [-0.2, -0.15) is 5.10 Å². The lowest BCUT2D eigenvalue weighted by molar-refractivity contribution is -0.893. The Hall–Kier alpha value is -1.86. The third-order valence-electron chi connectivity index (χ3n) is 5.39. The van der Waals surface area contributed by atoms with Crippen molar-refractivity contribution < 1.29 is 18.1 Å². The molecule has 3 rings (SSSR count). The number of rotatable bonds is 7. The summed E-state index contributed by atoms with van der Waals surface area (Å²) in [5.41, 5.74) is 4.45. The lowest BCUT2D eigenvalue weighted by Gasteiger charge is -2.16. The van der Waals surface area contributed by atoms with E-state index >= 15 is 0 Å². The van der Waals surface area contributed by atoms with Crippen LogP contribution < -0.4 is 9.64 Å². The summed E-state index contributed by atoms with van der Waals surface area (Å²) in [5, 5.41) is 4.66. The van der Waals surface area contributed by atoms with Gasteiger partial charge >= 0.3 is 0 Å². The van der Waals surface area contributed by atoms with Crippen molar-refractivity contribution in [3.05, 3.63) is 46.8 Å². The molecule has 1 aromatic heterocycles. The van der Waals surface area contributed by atoms with Gasteiger partial charge in [0.1, 0.15) is 25.4 Å². The second-order valence-electron chi connectivity index (χ2n) is 7.65. The van der Waals surface area contributed by atoms with E-state index in [2.05, 4.69) is 32.1 Å². The van der Waals surface area contributed by atoms with Crippen LogP contribution in [-0.2, 0) is 16.4 Å². The van der Waals surface area contributed by atoms with E-state index in [1.807, 2.05) is 29.8 Å². The molecule has 0 aliphatic carbocycles. The third-order valence-corrected chi connectivity index (χ3v) is 7.14. The Balaban J connectivity index is 1.59. The highest BCUT2D eigenvalue weighted by atomic mass is 32.2. The van der Waals surface area contributed by atoms with Crippen LogP contribution in [0.15, 0.2) is 24.3 Å². The van der Waals surface area contributed by atoms with Crippen LogP contribution >= 0.6 is 0 Å². The number of aryl methyl sites for hydroxylation is 2. The van der Waals surface area contributed by atoms with Gasteiger partial charge in [0.15, 0.2) is 9.84 Å². The van der Waals surface area contributed by atoms with Crippen LogP contribution in [0.4, 0.5) is 0 Å². The Morgan fingerprint density at radius 2 is 2.00 bits per heavy atom. The predicted molar refractivity (Wildman–Crippen MR) is 106 cm³/mol. The first-order chi connectivity index (χ1) is 12.8. The van der Waals surface area contributed by atoms with Crippen LogP contribution in [0.3, 0.4) is 0 Å². The molecule has 27 heavy (non-hydrogen) atoms. The topological polar surface area (TPSA) is 65.6 Å². The Kier molecular flexibility index (Phi) is 5.91. The second-order valence-corrected chi connectivity index (χ2v) is 9.88. The lowest BCUT2D eigenvalue weighted by Crippen LogP contribution is -3.08. The highest BCUT2D eigenvalue weighted by Gasteiger charge is 2.31. The van der Waals surface area contributed by atoms with Gasteiger partial charge in [-0.25, -0.2) is 8.42 Å². The van der Waals surface area contributed by atoms with E-state index in [9.17, 15) is 8.42 Å². The molecule has 0 radical (unpaired) electrons. The van der Waals surface area contributed by atoms with Crippen molar-refractivity contribution >= 4 is 9.84 Å². The summed E-state index contributed by atoms with van der Waals surface area (Å²) in [6.45, 7) is 8.52. The summed E-state index contributed by atoms with van der Waals surface area (Å²) in [6, 6.07) is 8.03. The van der Waals surface area contributed by atoms with Crippen LogP contribution in [0, 0.1) is 20.8 Å². The molecule has 1 fully saturated rings. The molecule has 7 heteroatoms. The summed E-state index contributed by atoms with van der Waals surface area (Å²) in [6.07, 6.45) is 0.663. The highest BCUT2D eigenvalue weighted by molar-refractivity contribution is 7.91. The Morgan fingerprint density at radius 1 is 1.26 bits per heavy atom. The maximum absolute atomic E-state index is 11.8. The lowest BCUT2D eigenvalue weighted by atomic mass is 10.1. The van der Waals surface area contributed by atoms with Gasteiger partial charge in [-0.3, -0.25) is 4.68 Å². The number of quaternary nitrogens is 1. The minimum absolute atomic E-state index is 0.0212. The van der Waals surface area contributed by atoms with E-state index in [1.165, 1.54) is 10.5 Å². The number of aromatic nitrogens is 2. The zero-order chi connectivity index (χ0) is 19.6. The number of benzene rings is 1. The largest absolute Gasteiger partial charge is 0.487 e. The van der Waals surface area contributed by atoms with Gasteiger partial charge in [0, 0.05) is 5.69 Å². The molecule has 6 nitrogen and oxygen atoms in total. The van der Waals surface area contributed by atoms with Gasteiger partial charge in [0.2, 0.25) is 0 Å². The number of nitrogens with one attached hydrogen (secondary N) is 1. The number of hydrogen-bond acceptors (Lipinski definition) is 4. The smallest absolute Gasteiger partial charge is 0.152 e. The van der Waals surface area contributed by atoms with E-state index in [0.717, 1.165) is 35.8 Å². The average Bonchev–Trinajstić information content (AvgIpc) is 3.10. The van der Waals surface area contributed by atoms with E-state index in [-0.39, 0.29) is 17.5 Å². The van der Waals surface area contributed by atoms with Crippen molar-refractivity contribution in [1.82, 2.24) is 9.78 Å². The van der Waals surface area contributed by atoms with Crippen LogP contribution in [0.5, 0.6) is 5.75 Å². The van der Waals surface area contributed by atoms with Gasteiger partial charge in [-0.1, -0.05) is 18.2 Å². The quantitative estimate of drug-likeness (QED) is 0.771. The van der Waals surface area contributed by atoms with Gasteiger partial charge < -0.3 is 9.64 Å². The van der Waals surface area contributed by atoms with Gasteiger partial charge in [-0.05, 0) is 38.8 Å². The molecule has 2 heterocycles. The molecule has 1 N–H and O–H groups in total. The molecule has 2 aromatic rings. The highest BCUT2D eigenvalue weighted by Crippen LogP contribution is 2.26. The molecule has 0 spiro atoms. The molecule has 0 bridgehead atoms. The number of para-hydroxylation sites is 1. The van der Waals surface area contributed by atoms with Crippen LogP contribution in [-0.4, -0.2) is 49.9 Å². The Bertz CT molecular complexity index is 905. The normalized spacial score (nSPS) is 19.9. The summed E-state index contributed by atoms with van der Waals surface area (Å²) < 4.78 is 31.4. The van der Waals surface area contributed by atoms with Crippen molar-refractivity contribution in [3.63, 3.8) is 0 Å². The van der Waals surface area contributed by atoms with E-state index in [4.69, 9.17) is 4.74 Å². The first kappa shape index (κ1) is 19.9. The number of hydrogen-bond donors (Lipinski definition) is 1. The SMILES string of the molecule is Cc1ccccc1OCC[NH+](C)Cc1c(C)nn([C@H]2CCS(=O)(=O)C2)c1C. The fourth-order valence-electron chi connectivity index (χ4n) is 3.72. The predicted octanol–water partition coefficient (Wildman–Crippen LogP) is 1.26. The first-order valence-electron chi connectivity index (χ1n) is 9.51. The molecule has 1 saturated heterocycles. The molecule has 2 atom stereocenters. The van der Waals surface area contributed by atoms with Crippen LogP contribution in [0.25, 0.3) is 0 Å². The maximum Gasteiger partial charge on any atom is 0.152 e. The molecule has 1 aliphatic heterocycles. The zero-order valence-corrected chi connectivity index (χ0v) is 17.5. The third kappa shape index (κ3) is 4.71. The van der Waals surface area contributed by atoms with Crippen molar-refractivity contribution in [3.8, 4) is 5.75 Å². The maximum atomic E-state index is 11.8. The van der Waals surface area contributed by atoms with Crippen LogP contribution in [0.1, 0.15) is 35.0 Å². The molecule has 148 valence electrons. The first-order valence-corrected chi connectivity index (χ1v) is 11.3. The number of sulfone groups is 1. The molecule has 1 aromatic carbocycles. The number of likely N-dealkylation sites (N-methyl/N-ethyl adjacent to an activating group) is 1. The number of nitrogens with zero attached hydrogens (tertiary/aromatic N) is 2. The minimum Gasteiger partial charge on any atom is -0.487 e. The fourth-order valence-corrected chi connectivity index (χ4v) is 5.41. The molecular weight excluding hydrogens is 362 g/mol. The standard InChI is InChI=1S/C20H29N3O3S/c1-15-7-5-6-8-20(15)26-11-10-22(4)13-19-16(2)21-23(17(19)3)18-9-12-27(24,25)14-18/h5-8,18H,9-14H2,1-4H3/p+1/t18-/m0/s1. The summed E-state index contributed by atoms with van der Waals surface area (Å²) in [7, 11) is -0.761. The van der Waals surface area contributed by atoms with Gasteiger partial charge in [-0.15, -0.1) is 0 Å². The van der Waals surface area contributed by atoms with Gasteiger partial charge in [0.25, 0.3) is 0 Å². The Morgan fingerprint density at radius 3 is 2.67 bits per heavy atom. The van der Waals surface area contributed by atoms with Gasteiger partial charge in [0.05, 0.1) is 35.9 Å². The second kappa shape index (κ2) is 8.02. The number of ether oxygens (including phenoxy) is 1. The minimum atomic E-state index is -2.91. The monoisotopic (exact) mass is 392 g/mol. The fraction of sp³-hybridized carbons (Fsp3) is 0.550. The summed E-state index contributed by atoms with van der Waals surface area (Å²) >= 11 is 0. The molecule has 0 saturated carbocycles. The summed E-state index contributed by atoms with van der Waals surface area (Å²) in [5.74, 6) is 1.42. The van der Waals surface area contributed by atoms with Crippen LogP contribution in [0.2, 0.25) is 0 Å². The van der Waals surface area contributed by atoms with Crippen molar-refractivity contribution in [2.45, 2.75) is 39.8 Å². The van der Waals surface area contributed by atoms with E-state index in [1.54, 1.807) is 0 Å². The molecule has 0 amide bonds. The molecule has 1 unspecified atom stereocenters. The zero-order valence-electron chi connectivity index (χ0n) is 16.7. The molecule has 1 aliphatic rings.